The van der Waals surface area contributed by atoms with Crippen LogP contribution in [0.5, 0.6) is 5.75 Å². The molecule has 146 valence electrons. The maximum absolute atomic E-state index is 12.9. The van der Waals surface area contributed by atoms with Gasteiger partial charge >= 0.3 is 0 Å². The summed E-state index contributed by atoms with van der Waals surface area (Å²) in [5.41, 5.74) is 1.49. The number of hydrogen-bond acceptors (Lipinski definition) is 3. The van der Waals surface area contributed by atoms with E-state index in [1.807, 2.05) is 0 Å². The average molecular weight is 486 g/mol. The zero-order valence-electron chi connectivity index (χ0n) is 15.3. The van der Waals surface area contributed by atoms with Gasteiger partial charge in [0.1, 0.15) is 11.6 Å². The number of halogens is 2. The molecule has 0 bridgehead atoms. The lowest BCUT2D eigenvalue weighted by molar-refractivity contribution is 0.0954. The number of nitrogens with zero attached hydrogens (tertiary/aromatic N) is 1. The molecule has 2 rings (SSSR count). The third-order valence-electron chi connectivity index (χ3n) is 3.63. The molecule has 0 aromatic heterocycles. The summed E-state index contributed by atoms with van der Waals surface area (Å²) in [4.78, 5) is 16.2. The van der Waals surface area contributed by atoms with Gasteiger partial charge in [0.25, 0.3) is 5.91 Å². The van der Waals surface area contributed by atoms with E-state index in [0.717, 1.165) is 5.56 Å². The number of aliphatic imine (C=N–C) groups is 1. The Morgan fingerprint density at radius 3 is 2.44 bits per heavy atom. The summed E-state index contributed by atoms with van der Waals surface area (Å²) in [5.74, 6) is 0.814. The van der Waals surface area contributed by atoms with E-state index in [2.05, 4.69) is 20.9 Å². The molecule has 0 spiro atoms. The van der Waals surface area contributed by atoms with Crippen LogP contribution in [0.4, 0.5) is 4.39 Å². The van der Waals surface area contributed by atoms with E-state index in [1.54, 1.807) is 50.6 Å². The van der Waals surface area contributed by atoms with Crippen LogP contribution >= 0.6 is 24.0 Å². The lowest BCUT2D eigenvalue weighted by atomic mass is 10.2. The van der Waals surface area contributed by atoms with Gasteiger partial charge in [0.05, 0.1) is 7.11 Å². The minimum Gasteiger partial charge on any atom is -0.497 e. The predicted molar refractivity (Wildman–Crippen MR) is 115 cm³/mol. The van der Waals surface area contributed by atoms with Crippen molar-refractivity contribution in [2.24, 2.45) is 4.99 Å². The lowest BCUT2D eigenvalue weighted by Gasteiger charge is -2.12. The van der Waals surface area contributed by atoms with Crippen LogP contribution in [0.25, 0.3) is 0 Å². The van der Waals surface area contributed by atoms with Crippen molar-refractivity contribution in [3.63, 3.8) is 0 Å². The second-order valence-electron chi connectivity index (χ2n) is 5.47. The molecule has 0 unspecified atom stereocenters. The molecule has 8 heteroatoms. The van der Waals surface area contributed by atoms with Crippen molar-refractivity contribution < 1.29 is 13.9 Å². The summed E-state index contributed by atoms with van der Waals surface area (Å²) in [6.07, 6.45) is 0. The Labute approximate surface area is 175 Å². The Hall–Kier alpha value is -2.36. The summed E-state index contributed by atoms with van der Waals surface area (Å²) in [5, 5.41) is 9.06. The summed E-state index contributed by atoms with van der Waals surface area (Å²) in [7, 11) is 3.22. The number of carbonyl (C=O) groups is 1. The Kier molecular flexibility index (Phi) is 10.2. The maximum Gasteiger partial charge on any atom is 0.251 e. The molecule has 27 heavy (non-hydrogen) atoms. The molecular formula is C19H24FIN4O2. The van der Waals surface area contributed by atoms with Crippen molar-refractivity contribution in [2.75, 3.05) is 27.2 Å². The normalized spacial score (nSPS) is 10.6. The fourth-order valence-electron chi connectivity index (χ4n) is 2.23. The first-order valence-corrected chi connectivity index (χ1v) is 8.23. The topological polar surface area (TPSA) is 74.8 Å². The number of ether oxygens (including phenoxy) is 1. The molecule has 0 fully saturated rings. The Bertz CT molecular complexity index is 754. The highest BCUT2D eigenvalue weighted by molar-refractivity contribution is 14.0. The monoisotopic (exact) mass is 486 g/mol. The number of guanidine groups is 1. The third kappa shape index (κ3) is 7.81. The molecular weight excluding hydrogens is 462 g/mol. The van der Waals surface area contributed by atoms with Gasteiger partial charge in [0.15, 0.2) is 5.96 Å². The van der Waals surface area contributed by atoms with Gasteiger partial charge in [0, 0.05) is 32.2 Å². The van der Waals surface area contributed by atoms with Crippen LogP contribution in [0.15, 0.2) is 53.5 Å². The average Bonchev–Trinajstić information content (AvgIpc) is 2.68. The first-order chi connectivity index (χ1) is 12.6. The van der Waals surface area contributed by atoms with Gasteiger partial charge in [-0.15, -0.1) is 24.0 Å². The van der Waals surface area contributed by atoms with Gasteiger partial charge in [-0.05, 0) is 35.9 Å². The molecule has 0 aliphatic heterocycles. The van der Waals surface area contributed by atoms with E-state index in [0.29, 0.717) is 36.9 Å². The van der Waals surface area contributed by atoms with Gasteiger partial charge in [-0.3, -0.25) is 9.79 Å². The number of nitrogens with one attached hydrogen (secondary N) is 3. The van der Waals surface area contributed by atoms with Crippen molar-refractivity contribution in [2.45, 2.75) is 6.54 Å². The molecule has 3 N–H and O–H groups in total. The quantitative estimate of drug-likeness (QED) is 0.244. The molecule has 0 heterocycles. The van der Waals surface area contributed by atoms with Crippen LogP contribution in [0.2, 0.25) is 0 Å². The van der Waals surface area contributed by atoms with Crippen LogP contribution in [0, 0.1) is 5.82 Å². The molecule has 0 aliphatic carbocycles. The zero-order valence-corrected chi connectivity index (χ0v) is 17.6. The number of hydrogen-bond donors (Lipinski definition) is 3. The summed E-state index contributed by atoms with van der Waals surface area (Å²) in [6.45, 7) is 1.47. The van der Waals surface area contributed by atoms with Gasteiger partial charge < -0.3 is 20.7 Å². The van der Waals surface area contributed by atoms with E-state index in [1.165, 1.54) is 12.1 Å². The van der Waals surface area contributed by atoms with Crippen molar-refractivity contribution in [3.05, 3.63) is 65.5 Å². The van der Waals surface area contributed by atoms with Gasteiger partial charge in [0.2, 0.25) is 0 Å². The molecule has 0 saturated carbocycles. The molecule has 6 nitrogen and oxygen atoms in total. The van der Waals surface area contributed by atoms with E-state index in [9.17, 15) is 9.18 Å². The van der Waals surface area contributed by atoms with Crippen LogP contribution < -0.4 is 20.7 Å². The molecule has 2 aromatic rings. The summed E-state index contributed by atoms with van der Waals surface area (Å²) < 4.78 is 18.0. The molecule has 0 saturated heterocycles. The van der Waals surface area contributed by atoms with E-state index in [4.69, 9.17) is 4.74 Å². The van der Waals surface area contributed by atoms with Crippen molar-refractivity contribution in [1.29, 1.82) is 0 Å². The minimum atomic E-state index is -0.261. The van der Waals surface area contributed by atoms with Crippen molar-refractivity contribution in [3.8, 4) is 5.75 Å². The Morgan fingerprint density at radius 2 is 1.78 bits per heavy atom. The molecule has 0 atom stereocenters. The van der Waals surface area contributed by atoms with Crippen LogP contribution in [0.3, 0.4) is 0 Å². The fourth-order valence-corrected chi connectivity index (χ4v) is 2.23. The number of amides is 1. The highest BCUT2D eigenvalue weighted by atomic mass is 127. The highest BCUT2D eigenvalue weighted by Crippen LogP contribution is 2.12. The fraction of sp³-hybridized carbons (Fsp3) is 0.263. The van der Waals surface area contributed by atoms with E-state index >= 15 is 0 Å². The summed E-state index contributed by atoms with van der Waals surface area (Å²) in [6, 6.07) is 13.2. The van der Waals surface area contributed by atoms with Crippen LogP contribution in [0.1, 0.15) is 15.9 Å². The van der Waals surface area contributed by atoms with Gasteiger partial charge in [-0.25, -0.2) is 4.39 Å². The largest absolute Gasteiger partial charge is 0.497 e. The molecule has 2 aromatic carbocycles. The predicted octanol–water partition coefficient (Wildman–Crippen LogP) is 2.55. The first-order valence-electron chi connectivity index (χ1n) is 8.23. The van der Waals surface area contributed by atoms with Crippen molar-refractivity contribution >= 4 is 35.8 Å². The zero-order chi connectivity index (χ0) is 18.8. The number of benzene rings is 2. The Balaban J connectivity index is 0.00000364. The van der Waals surface area contributed by atoms with Gasteiger partial charge in [-0.1, -0.05) is 18.2 Å². The Morgan fingerprint density at radius 1 is 1.07 bits per heavy atom. The summed E-state index contributed by atoms with van der Waals surface area (Å²) >= 11 is 0. The maximum atomic E-state index is 12.9. The van der Waals surface area contributed by atoms with Crippen LogP contribution in [-0.2, 0) is 6.54 Å². The number of carbonyl (C=O) groups excluding carboxylic acids is 1. The van der Waals surface area contributed by atoms with Crippen molar-refractivity contribution in [1.82, 2.24) is 16.0 Å². The van der Waals surface area contributed by atoms with E-state index in [-0.39, 0.29) is 35.7 Å². The number of rotatable bonds is 7. The van der Waals surface area contributed by atoms with Crippen LogP contribution in [-0.4, -0.2) is 39.1 Å². The minimum absolute atomic E-state index is 0. The lowest BCUT2D eigenvalue weighted by Crippen LogP contribution is -2.41. The number of methoxy groups -OCH3 is 1. The third-order valence-corrected chi connectivity index (χ3v) is 3.63. The highest BCUT2D eigenvalue weighted by Gasteiger charge is 2.06. The van der Waals surface area contributed by atoms with Gasteiger partial charge in [-0.2, -0.15) is 0 Å². The van der Waals surface area contributed by atoms with E-state index < -0.39 is 0 Å². The molecule has 0 radical (unpaired) electrons. The molecule has 0 aliphatic rings. The second-order valence-corrected chi connectivity index (χ2v) is 5.47. The smallest absolute Gasteiger partial charge is 0.251 e. The first kappa shape index (κ1) is 22.7. The second kappa shape index (κ2) is 12.1. The standard InChI is InChI=1S/C19H23FN4O2.HI/c1-21-19(24-13-14-6-8-16(20)9-7-14)23-11-10-22-18(25)15-4-3-5-17(12-15)26-2;/h3-9,12H,10-11,13H2,1-2H3,(H,22,25)(H2,21,23,24);1H. The molecule has 1 amide bonds. The SMILES string of the molecule is CN=C(NCCNC(=O)c1cccc(OC)c1)NCc1ccc(F)cc1.I.